The molecule has 258 valence electrons. The maximum atomic E-state index is 12.8. The highest BCUT2D eigenvalue weighted by atomic mass is 16.7. The summed E-state index contributed by atoms with van der Waals surface area (Å²) in [5.74, 6) is -2.56. The predicted octanol–water partition coefficient (Wildman–Crippen LogP) is 2.45. The van der Waals surface area contributed by atoms with Crippen LogP contribution in [-0.4, -0.2) is 96.3 Å². The largest absolute Gasteiger partial charge is 0.479 e. The third-order valence-corrected chi connectivity index (χ3v) is 6.95. The van der Waals surface area contributed by atoms with Crippen molar-refractivity contribution < 1.29 is 53.2 Å². The first kappa shape index (κ1) is 38.6. The first-order valence-electron chi connectivity index (χ1n) is 15.5. The van der Waals surface area contributed by atoms with Crippen LogP contribution in [-0.2, 0) is 38.2 Å². The number of anilines is 1. The zero-order chi connectivity index (χ0) is 34.8. The molecule has 0 aliphatic carbocycles. The van der Waals surface area contributed by atoms with Gasteiger partial charge in [0.2, 0.25) is 24.0 Å². The van der Waals surface area contributed by atoms with Gasteiger partial charge in [-0.25, -0.2) is 4.79 Å². The number of hydrogen-bond acceptors (Lipinski definition) is 10. The van der Waals surface area contributed by atoms with Gasteiger partial charge in [-0.3, -0.25) is 24.0 Å². The molecule has 3 atom stereocenters. The molecule has 2 rings (SSSR count). The van der Waals surface area contributed by atoms with Crippen LogP contribution in [0.25, 0.3) is 6.08 Å². The fraction of sp³-hybridized carbons (Fsp3) is 0.515. The van der Waals surface area contributed by atoms with E-state index in [1.54, 1.807) is 51.2 Å². The Hall–Kier alpha value is -4.56. The van der Waals surface area contributed by atoms with Gasteiger partial charge in [-0.1, -0.05) is 32.4 Å². The monoisotopic (exact) mass is 659 g/mol. The number of hydrogen-bond donors (Lipinski definition) is 4. The summed E-state index contributed by atoms with van der Waals surface area (Å²) < 4.78 is 16.5. The van der Waals surface area contributed by atoms with Crippen molar-refractivity contribution in [3.05, 3.63) is 42.0 Å². The molecular formula is C33H45N3O11. The van der Waals surface area contributed by atoms with Gasteiger partial charge in [0.1, 0.15) is 18.6 Å². The number of nitrogens with one attached hydrogen (secondary N) is 2. The molecule has 47 heavy (non-hydrogen) atoms. The van der Waals surface area contributed by atoms with Crippen LogP contribution in [0.15, 0.2) is 36.4 Å². The Morgan fingerprint density at radius 3 is 2.55 bits per heavy atom. The molecule has 4 N–H and O–H groups in total. The molecule has 1 saturated heterocycles. The molecule has 1 aromatic carbocycles. The Labute approximate surface area is 274 Å². The van der Waals surface area contributed by atoms with Crippen molar-refractivity contribution >= 4 is 47.7 Å². The lowest BCUT2D eigenvalue weighted by molar-refractivity contribution is -0.195. The van der Waals surface area contributed by atoms with E-state index in [-0.39, 0.29) is 74.0 Å². The first-order chi connectivity index (χ1) is 22.4. The molecule has 0 radical (unpaired) electrons. The second kappa shape index (κ2) is 20.5. The van der Waals surface area contributed by atoms with Gasteiger partial charge in [0, 0.05) is 51.9 Å². The number of aliphatic hydroxyl groups excluding tert-OH is 1. The third kappa shape index (κ3) is 15.1. The molecule has 0 spiro atoms. The van der Waals surface area contributed by atoms with Gasteiger partial charge in [0.25, 0.3) is 0 Å². The highest BCUT2D eigenvalue weighted by molar-refractivity contribution is 5.93. The number of carboxylic acid groups (broad SMARTS) is 1. The van der Waals surface area contributed by atoms with Crippen LogP contribution >= 0.6 is 0 Å². The minimum atomic E-state index is -1.25. The van der Waals surface area contributed by atoms with Crippen molar-refractivity contribution in [2.75, 3.05) is 32.1 Å². The Morgan fingerprint density at radius 2 is 1.85 bits per heavy atom. The van der Waals surface area contributed by atoms with Gasteiger partial charge in [-0.15, -0.1) is 0 Å². The van der Waals surface area contributed by atoms with E-state index in [1.807, 2.05) is 0 Å². The number of aliphatic hydroxyl groups is 1. The van der Waals surface area contributed by atoms with Gasteiger partial charge in [-0.05, 0) is 42.7 Å². The van der Waals surface area contributed by atoms with Gasteiger partial charge >= 0.3 is 11.9 Å². The molecule has 0 bridgehead atoms. The Bertz CT molecular complexity index is 1290. The number of likely N-dealkylation sites (N-methyl/N-ethyl adjacent to an activating group) is 1. The Morgan fingerprint density at radius 1 is 1.09 bits per heavy atom. The number of carbonyl (C=O) groups excluding carboxylic acids is 5. The molecule has 0 aromatic heterocycles. The molecule has 1 aromatic rings. The van der Waals surface area contributed by atoms with Crippen molar-refractivity contribution in [3.8, 4) is 5.75 Å². The van der Waals surface area contributed by atoms with Crippen molar-refractivity contribution in [1.29, 1.82) is 0 Å². The standard InChI is InChI=1S/C33H45N3O11/c1-22(2)33(44)45-18-8-9-23-12-13-26(46-31-21-24(38)20-27(47-31)32(42)43)25(19-23)35-29(40)14-15-34-28(39)10-5-4-6-16-36(3)30(41)11-7-17-37/h7-9,11-13,17,19,22,24,27,31,38H,4-6,10,14-16,18,20-21H2,1-3H3,(H,34,39)(H,35,40)(H,42,43)/b9-8+,11-7-. The van der Waals surface area contributed by atoms with Crippen LogP contribution < -0.4 is 15.4 Å². The third-order valence-electron chi connectivity index (χ3n) is 6.95. The quantitative estimate of drug-likeness (QED) is 0.0737. The summed E-state index contributed by atoms with van der Waals surface area (Å²) >= 11 is 0. The van der Waals surface area contributed by atoms with Crippen molar-refractivity contribution in [2.45, 2.75) is 77.3 Å². The lowest BCUT2D eigenvalue weighted by atomic mass is 10.1. The van der Waals surface area contributed by atoms with Gasteiger partial charge in [0.15, 0.2) is 6.10 Å². The number of ether oxygens (including phenoxy) is 3. The lowest BCUT2D eigenvalue weighted by Gasteiger charge is -2.31. The molecule has 0 saturated carbocycles. The van der Waals surface area contributed by atoms with Crippen LogP contribution in [0.1, 0.15) is 64.4 Å². The number of allylic oxidation sites excluding steroid dienone is 1. The number of benzene rings is 1. The molecule has 1 aliphatic heterocycles. The number of aliphatic carboxylic acids is 1. The highest BCUT2D eigenvalue weighted by Crippen LogP contribution is 2.31. The Kier molecular flexibility index (Phi) is 16.9. The van der Waals surface area contributed by atoms with Crippen LogP contribution in [0.5, 0.6) is 5.75 Å². The number of amides is 3. The fourth-order valence-electron chi connectivity index (χ4n) is 4.36. The summed E-state index contributed by atoms with van der Waals surface area (Å²) in [7, 11) is 1.63. The summed E-state index contributed by atoms with van der Waals surface area (Å²) in [6.07, 6.45) is 5.09. The maximum Gasteiger partial charge on any atom is 0.333 e. The summed E-state index contributed by atoms with van der Waals surface area (Å²) in [6, 6.07) is 4.86. The number of unbranched alkanes of at least 4 members (excludes halogenated alkanes) is 2. The molecule has 14 heteroatoms. The van der Waals surface area contributed by atoms with E-state index in [2.05, 4.69) is 10.6 Å². The summed E-state index contributed by atoms with van der Waals surface area (Å²) in [5, 5.41) is 24.9. The zero-order valence-corrected chi connectivity index (χ0v) is 27.0. The molecule has 1 aliphatic rings. The van der Waals surface area contributed by atoms with Gasteiger partial charge < -0.3 is 40.0 Å². The average molecular weight is 660 g/mol. The Balaban J connectivity index is 1.92. The van der Waals surface area contributed by atoms with Crippen LogP contribution in [0.3, 0.4) is 0 Å². The molecule has 3 unspecified atom stereocenters. The second-order valence-corrected chi connectivity index (χ2v) is 11.3. The van der Waals surface area contributed by atoms with E-state index in [1.165, 1.54) is 11.0 Å². The zero-order valence-electron chi connectivity index (χ0n) is 27.0. The van der Waals surface area contributed by atoms with Crippen molar-refractivity contribution in [3.63, 3.8) is 0 Å². The number of carboxylic acids is 1. The lowest BCUT2D eigenvalue weighted by Crippen LogP contribution is -2.42. The highest BCUT2D eigenvalue weighted by Gasteiger charge is 2.34. The number of esters is 1. The topological polar surface area (TPSA) is 198 Å². The second-order valence-electron chi connectivity index (χ2n) is 11.3. The normalized spacial score (nSPS) is 17.8. The van der Waals surface area contributed by atoms with E-state index in [9.17, 15) is 39.0 Å². The number of nitrogens with zero attached hydrogens (tertiary/aromatic N) is 1. The van der Waals surface area contributed by atoms with E-state index in [0.29, 0.717) is 37.7 Å². The van der Waals surface area contributed by atoms with E-state index >= 15 is 0 Å². The number of rotatable bonds is 19. The molecule has 1 fully saturated rings. The van der Waals surface area contributed by atoms with Crippen LogP contribution in [0.2, 0.25) is 0 Å². The minimum Gasteiger partial charge on any atom is -0.479 e. The molecule has 1 heterocycles. The predicted molar refractivity (Wildman–Crippen MR) is 171 cm³/mol. The summed E-state index contributed by atoms with van der Waals surface area (Å²) in [5.41, 5.74) is 0.894. The number of aldehydes is 1. The van der Waals surface area contributed by atoms with E-state index in [4.69, 9.17) is 14.2 Å². The summed E-state index contributed by atoms with van der Waals surface area (Å²) in [4.78, 5) is 71.8. The van der Waals surface area contributed by atoms with Crippen LogP contribution in [0.4, 0.5) is 5.69 Å². The average Bonchev–Trinajstić information content (AvgIpc) is 3.02. The van der Waals surface area contributed by atoms with E-state index in [0.717, 1.165) is 6.08 Å². The van der Waals surface area contributed by atoms with Gasteiger partial charge in [-0.2, -0.15) is 0 Å². The summed E-state index contributed by atoms with van der Waals surface area (Å²) in [6.45, 7) is 4.08. The SMILES string of the molecule is CC(C)C(=O)OC/C=C/c1ccc(OC2CC(O)CC(C(=O)O)O2)c(NC(=O)CCNC(=O)CCCCCN(C)C(=O)/C=C\C=O)c1. The number of carbonyl (C=O) groups is 6. The van der Waals surface area contributed by atoms with Crippen molar-refractivity contribution in [2.24, 2.45) is 5.92 Å². The maximum absolute atomic E-state index is 12.8. The van der Waals surface area contributed by atoms with Crippen LogP contribution in [0, 0.1) is 5.92 Å². The fourth-order valence-corrected chi connectivity index (χ4v) is 4.36. The van der Waals surface area contributed by atoms with E-state index < -0.39 is 30.4 Å². The minimum absolute atomic E-state index is 0.0274. The van der Waals surface area contributed by atoms with Crippen molar-refractivity contribution in [1.82, 2.24) is 10.2 Å². The molecule has 14 nitrogen and oxygen atoms in total. The molecular weight excluding hydrogens is 614 g/mol. The van der Waals surface area contributed by atoms with Gasteiger partial charge in [0.05, 0.1) is 17.7 Å². The molecule has 3 amide bonds. The first-order valence-corrected chi connectivity index (χ1v) is 15.5. The smallest absolute Gasteiger partial charge is 0.333 e.